The summed E-state index contributed by atoms with van der Waals surface area (Å²) in [5.74, 6) is 0. The van der Waals surface area contributed by atoms with E-state index in [0.717, 1.165) is 25.2 Å². The minimum absolute atomic E-state index is 0.0787. The lowest BCUT2D eigenvalue weighted by Gasteiger charge is -2.26. The maximum Gasteiger partial charge on any atom is 0.210 e. The molecule has 0 spiro atoms. The molecule has 3 aromatic rings. The van der Waals surface area contributed by atoms with E-state index in [4.69, 9.17) is 5.73 Å². The zero-order valence-electron chi connectivity index (χ0n) is 23.4. The molecule has 0 aromatic heterocycles. The van der Waals surface area contributed by atoms with E-state index in [-0.39, 0.29) is 10.8 Å². The third-order valence-electron chi connectivity index (χ3n) is 8.36. The molecule has 2 N–H and O–H groups in total. The number of nitrogens with two attached hydrogens (primary N) is 1. The lowest BCUT2D eigenvalue weighted by atomic mass is 9.79. The SMILES string of the molecule is CCCC[N+]1=C(C=CC=C2N(CCC)c3ccc(N)cc3C2(C)C)C(C)(C)c2c1ccc1ccccc21. The van der Waals surface area contributed by atoms with Gasteiger partial charge in [0, 0.05) is 53.2 Å². The second-order valence-electron chi connectivity index (χ2n) is 11.7. The third kappa shape index (κ3) is 4.09. The van der Waals surface area contributed by atoms with Gasteiger partial charge in [-0.25, -0.2) is 0 Å². The molecule has 2 heterocycles. The predicted molar refractivity (Wildman–Crippen MR) is 160 cm³/mol. The monoisotopic (exact) mass is 492 g/mol. The van der Waals surface area contributed by atoms with Crippen LogP contribution in [0.4, 0.5) is 17.1 Å². The van der Waals surface area contributed by atoms with Crippen LogP contribution in [0.3, 0.4) is 0 Å². The van der Waals surface area contributed by atoms with E-state index in [1.165, 1.54) is 57.5 Å². The van der Waals surface area contributed by atoms with E-state index in [0.29, 0.717) is 0 Å². The Morgan fingerprint density at radius 2 is 1.70 bits per heavy atom. The minimum Gasteiger partial charge on any atom is -0.399 e. The van der Waals surface area contributed by atoms with Gasteiger partial charge >= 0.3 is 0 Å². The average molecular weight is 493 g/mol. The van der Waals surface area contributed by atoms with Crippen molar-refractivity contribution in [1.29, 1.82) is 0 Å². The van der Waals surface area contributed by atoms with Gasteiger partial charge in [-0.1, -0.05) is 64.5 Å². The lowest BCUT2D eigenvalue weighted by molar-refractivity contribution is -0.438. The van der Waals surface area contributed by atoms with Crippen LogP contribution < -0.4 is 10.6 Å². The van der Waals surface area contributed by atoms with Crippen molar-refractivity contribution in [3.05, 3.63) is 89.6 Å². The Bertz CT molecular complexity index is 1430. The molecule has 192 valence electrons. The van der Waals surface area contributed by atoms with Crippen molar-refractivity contribution >= 4 is 33.5 Å². The molecule has 0 radical (unpaired) electrons. The van der Waals surface area contributed by atoms with E-state index in [9.17, 15) is 0 Å². The van der Waals surface area contributed by atoms with Crippen LogP contribution in [0.1, 0.15) is 71.9 Å². The van der Waals surface area contributed by atoms with Crippen molar-refractivity contribution in [3.63, 3.8) is 0 Å². The minimum atomic E-state index is -0.0961. The highest BCUT2D eigenvalue weighted by Crippen LogP contribution is 2.49. The van der Waals surface area contributed by atoms with Crippen molar-refractivity contribution in [2.24, 2.45) is 0 Å². The Hall–Kier alpha value is -3.33. The van der Waals surface area contributed by atoms with E-state index in [1.54, 1.807) is 0 Å². The molecule has 0 fully saturated rings. The highest BCUT2D eigenvalue weighted by molar-refractivity contribution is 6.07. The number of hydrogen-bond donors (Lipinski definition) is 1. The van der Waals surface area contributed by atoms with Crippen LogP contribution in [-0.2, 0) is 10.8 Å². The molecule has 0 atom stereocenters. The largest absolute Gasteiger partial charge is 0.399 e. The van der Waals surface area contributed by atoms with Gasteiger partial charge < -0.3 is 10.6 Å². The molecule has 0 aliphatic carbocycles. The molecule has 3 aromatic carbocycles. The van der Waals surface area contributed by atoms with Crippen molar-refractivity contribution in [3.8, 4) is 0 Å². The van der Waals surface area contributed by atoms with E-state index in [2.05, 4.69) is 118 Å². The normalized spacial score (nSPS) is 18.9. The molecule has 0 bridgehead atoms. The molecular weight excluding hydrogens is 450 g/mol. The lowest BCUT2D eigenvalue weighted by Crippen LogP contribution is -2.28. The number of unbranched alkanes of at least 4 members (excludes halogenated alkanes) is 1. The van der Waals surface area contributed by atoms with Crippen molar-refractivity contribution < 1.29 is 4.58 Å². The number of hydrogen-bond acceptors (Lipinski definition) is 2. The number of allylic oxidation sites excluding steroid dienone is 4. The Morgan fingerprint density at radius 1 is 0.919 bits per heavy atom. The quantitative estimate of drug-likeness (QED) is 0.266. The molecule has 0 amide bonds. The van der Waals surface area contributed by atoms with Gasteiger partial charge in [0.1, 0.15) is 6.54 Å². The second-order valence-corrected chi connectivity index (χ2v) is 11.7. The first-order valence-corrected chi connectivity index (χ1v) is 13.9. The summed E-state index contributed by atoms with van der Waals surface area (Å²) in [7, 11) is 0. The first-order valence-electron chi connectivity index (χ1n) is 13.9. The molecule has 2 aliphatic rings. The summed E-state index contributed by atoms with van der Waals surface area (Å²) in [5, 5.41) is 2.68. The van der Waals surface area contributed by atoms with E-state index >= 15 is 0 Å². The zero-order valence-corrected chi connectivity index (χ0v) is 23.4. The van der Waals surface area contributed by atoms with Crippen LogP contribution in [0.15, 0.2) is 78.5 Å². The third-order valence-corrected chi connectivity index (χ3v) is 8.36. The highest BCUT2D eigenvalue weighted by Gasteiger charge is 2.45. The fraction of sp³-hybridized carbons (Fsp3) is 0.382. The number of anilines is 2. The summed E-state index contributed by atoms with van der Waals surface area (Å²) in [6.07, 6.45) is 10.5. The molecule has 0 unspecified atom stereocenters. The van der Waals surface area contributed by atoms with E-state index < -0.39 is 0 Å². The maximum atomic E-state index is 6.21. The number of fused-ring (bicyclic) bond motifs is 4. The molecule has 5 rings (SSSR count). The predicted octanol–water partition coefficient (Wildman–Crippen LogP) is 8.25. The topological polar surface area (TPSA) is 32.3 Å². The Kier molecular flexibility index (Phi) is 6.52. The van der Waals surface area contributed by atoms with Gasteiger partial charge in [-0.2, -0.15) is 4.58 Å². The molecular formula is C34H42N3+. The number of benzene rings is 3. The fourth-order valence-corrected chi connectivity index (χ4v) is 6.48. The molecule has 3 heteroatoms. The molecule has 37 heavy (non-hydrogen) atoms. The molecule has 2 aliphatic heterocycles. The van der Waals surface area contributed by atoms with Crippen LogP contribution in [0.25, 0.3) is 10.8 Å². The number of rotatable bonds is 7. The number of nitrogen functional groups attached to an aromatic ring is 1. The van der Waals surface area contributed by atoms with Crippen LogP contribution in [0.2, 0.25) is 0 Å². The Balaban J connectivity index is 1.60. The first kappa shape index (κ1) is 25.3. The number of nitrogens with zero attached hydrogens (tertiary/aromatic N) is 2. The highest BCUT2D eigenvalue weighted by atomic mass is 15.2. The summed E-state index contributed by atoms with van der Waals surface area (Å²) in [6, 6.07) is 19.8. The van der Waals surface area contributed by atoms with Crippen molar-refractivity contribution in [2.75, 3.05) is 23.7 Å². The molecule has 0 saturated carbocycles. The zero-order chi connectivity index (χ0) is 26.4. The summed E-state index contributed by atoms with van der Waals surface area (Å²) >= 11 is 0. The molecule has 3 nitrogen and oxygen atoms in total. The Labute approximate surface area is 223 Å². The van der Waals surface area contributed by atoms with Gasteiger partial charge in [0.2, 0.25) is 5.69 Å². The maximum absolute atomic E-state index is 6.21. The summed E-state index contributed by atoms with van der Waals surface area (Å²) in [6.45, 7) is 16.0. The van der Waals surface area contributed by atoms with Crippen LogP contribution in [0, 0.1) is 0 Å². The van der Waals surface area contributed by atoms with Crippen LogP contribution >= 0.6 is 0 Å². The van der Waals surface area contributed by atoms with Crippen LogP contribution in [0.5, 0.6) is 0 Å². The van der Waals surface area contributed by atoms with Gasteiger partial charge in [0.25, 0.3) is 0 Å². The first-order chi connectivity index (χ1) is 17.7. The summed E-state index contributed by atoms with van der Waals surface area (Å²) < 4.78 is 2.57. The van der Waals surface area contributed by atoms with Crippen molar-refractivity contribution in [1.82, 2.24) is 0 Å². The standard InChI is InChI=1S/C34H42N3/c1-7-9-22-37-29-19-17-24-13-10-11-14-26(24)32(29)34(5,6)31(37)16-12-15-30-33(3,4)27-23-25(35)18-20-28(27)36(30)21-8-2/h10-20,23H,7-9,21-22,35H2,1-6H3/q+1. The Morgan fingerprint density at radius 3 is 2.46 bits per heavy atom. The van der Waals surface area contributed by atoms with Gasteiger partial charge in [-0.15, -0.1) is 0 Å². The smallest absolute Gasteiger partial charge is 0.210 e. The van der Waals surface area contributed by atoms with Gasteiger partial charge in [0.15, 0.2) is 5.71 Å². The van der Waals surface area contributed by atoms with E-state index in [1.807, 2.05) is 6.07 Å². The van der Waals surface area contributed by atoms with Crippen molar-refractivity contribution in [2.45, 2.75) is 71.6 Å². The van der Waals surface area contributed by atoms with Gasteiger partial charge in [-0.3, -0.25) is 0 Å². The second kappa shape index (κ2) is 9.52. The average Bonchev–Trinajstić information content (AvgIpc) is 3.22. The van der Waals surface area contributed by atoms with Gasteiger partial charge in [-0.05, 0) is 66.9 Å². The van der Waals surface area contributed by atoms with Crippen LogP contribution in [-0.4, -0.2) is 23.4 Å². The summed E-state index contributed by atoms with van der Waals surface area (Å²) in [5.41, 5.74) is 15.0. The fourth-order valence-electron chi connectivity index (χ4n) is 6.48. The van der Waals surface area contributed by atoms with Gasteiger partial charge in [0.05, 0.1) is 5.41 Å². The molecule has 0 saturated heterocycles. The summed E-state index contributed by atoms with van der Waals surface area (Å²) in [4.78, 5) is 2.49.